The Balaban J connectivity index is 1.80. The molecule has 0 radical (unpaired) electrons. The second-order valence-corrected chi connectivity index (χ2v) is 7.64. The second kappa shape index (κ2) is 8.39. The van der Waals surface area contributed by atoms with Gasteiger partial charge >= 0.3 is 0 Å². The third-order valence-electron chi connectivity index (χ3n) is 4.50. The minimum atomic E-state index is -0.891. The molecular formula is C21H16N6O2S. The topological polar surface area (TPSA) is 123 Å². The van der Waals surface area contributed by atoms with E-state index in [9.17, 15) is 15.6 Å². The number of pyridine rings is 1. The van der Waals surface area contributed by atoms with E-state index in [1.807, 2.05) is 24.3 Å². The molecule has 0 saturated carbocycles. The smallest absolute Gasteiger partial charge is 0.103 e. The molecule has 3 aromatic heterocycles. The molecule has 1 atom stereocenters. The van der Waals surface area contributed by atoms with Crippen molar-refractivity contribution in [2.24, 2.45) is 0 Å². The fraction of sp³-hybridized carbons (Fsp3) is 0.143. The number of hydrogen-bond acceptors (Lipinski definition) is 7. The molecule has 2 N–H and O–H groups in total. The molecule has 0 saturated heterocycles. The van der Waals surface area contributed by atoms with Crippen molar-refractivity contribution in [3.63, 3.8) is 0 Å². The van der Waals surface area contributed by atoms with E-state index in [0.29, 0.717) is 16.6 Å². The summed E-state index contributed by atoms with van der Waals surface area (Å²) in [5.74, 6) is 0. The van der Waals surface area contributed by atoms with E-state index < -0.39 is 6.10 Å². The van der Waals surface area contributed by atoms with E-state index in [-0.39, 0.29) is 13.2 Å². The predicted octanol–water partition coefficient (Wildman–Crippen LogP) is 2.45. The summed E-state index contributed by atoms with van der Waals surface area (Å²) >= 11 is 1.40. The van der Waals surface area contributed by atoms with Gasteiger partial charge in [0.05, 0.1) is 48.3 Å². The van der Waals surface area contributed by atoms with Gasteiger partial charge in [-0.2, -0.15) is 20.7 Å². The largest absolute Gasteiger partial charge is 0.394 e. The summed E-state index contributed by atoms with van der Waals surface area (Å²) in [5.41, 5.74) is 3.28. The summed E-state index contributed by atoms with van der Waals surface area (Å²) < 4.78 is 3.20. The molecule has 0 aliphatic carbocycles. The Morgan fingerprint density at radius 3 is 2.57 bits per heavy atom. The number of aromatic nitrogens is 4. The molecule has 0 amide bonds. The fourth-order valence-corrected chi connectivity index (χ4v) is 4.15. The summed E-state index contributed by atoms with van der Waals surface area (Å²) in [4.78, 5) is 1.57. The highest BCUT2D eigenvalue weighted by atomic mass is 32.2. The van der Waals surface area contributed by atoms with Crippen LogP contribution in [0.25, 0.3) is 16.6 Å². The van der Waals surface area contributed by atoms with E-state index in [1.54, 1.807) is 33.9 Å². The van der Waals surface area contributed by atoms with E-state index in [4.69, 9.17) is 5.11 Å². The Labute approximate surface area is 176 Å². The number of fused-ring (bicyclic) bond motifs is 1. The van der Waals surface area contributed by atoms with Crippen LogP contribution < -0.4 is 0 Å². The first-order chi connectivity index (χ1) is 14.6. The number of benzene rings is 1. The first-order valence-corrected chi connectivity index (χ1v) is 9.84. The van der Waals surface area contributed by atoms with Crippen LogP contribution in [0.2, 0.25) is 0 Å². The van der Waals surface area contributed by atoms with Gasteiger partial charge in [-0.1, -0.05) is 23.9 Å². The summed E-state index contributed by atoms with van der Waals surface area (Å²) in [7, 11) is 0. The van der Waals surface area contributed by atoms with Crippen molar-refractivity contribution in [1.82, 2.24) is 19.4 Å². The molecule has 3 heterocycles. The van der Waals surface area contributed by atoms with Crippen LogP contribution in [0.4, 0.5) is 0 Å². The monoisotopic (exact) mass is 416 g/mol. The number of rotatable bonds is 6. The van der Waals surface area contributed by atoms with Crippen LogP contribution in [-0.4, -0.2) is 42.3 Å². The van der Waals surface area contributed by atoms with Crippen molar-refractivity contribution in [2.75, 3.05) is 6.61 Å². The van der Waals surface area contributed by atoms with E-state index in [2.05, 4.69) is 22.3 Å². The molecule has 148 valence electrons. The normalized spacial score (nSPS) is 11.9. The van der Waals surface area contributed by atoms with Gasteiger partial charge in [-0.15, -0.1) is 0 Å². The molecule has 0 unspecified atom stereocenters. The number of nitrogens with zero attached hydrogens (tertiary/aromatic N) is 6. The Morgan fingerprint density at radius 1 is 1.00 bits per heavy atom. The van der Waals surface area contributed by atoms with E-state index >= 15 is 0 Å². The van der Waals surface area contributed by atoms with Crippen LogP contribution in [0.15, 0.2) is 64.9 Å². The zero-order valence-corrected chi connectivity index (χ0v) is 16.5. The Morgan fingerprint density at radius 2 is 1.80 bits per heavy atom. The number of nitriles is 2. The third kappa shape index (κ3) is 3.78. The van der Waals surface area contributed by atoms with E-state index in [0.717, 1.165) is 20.9 Å². The third-order valence-corrected chi connectivity index (χ3v) is 5.61. The van der Waals surface area contributed by atoms with Crippen LogP contribution in [0, 0.1) is 22.7 Å². The van der Waals surface area contributed by atoms with Crippen LogP contribution in [-0.2, 0) is 6.54 Å². The molecule has 30 heavy (non-hydrogen) atoms. The van der Waals surface area contributed by atoms with Gasteiger partial charge < -0.3 is 10.2 Å². The van der Waals surface area contributed by atoms with Gasteiger partial charge in [0.2, 0.25) is 0 Å². The van der Waals surface area contributed by atoms with Gasteiger partial charge in [-0.3, -0.25) is 4.68 Å². The van der Waals surface area contributed by atoms with Crippen molar-refractivity contribution in [2.45, 2.75) is 22.4 Å². The SMILES string of the molecule is N#Cc1ccccc1Sc1cc(-c2cnn(C[C@@H](O)CO)c2)cn2ncc(C#N)c12. The highest BCUT2D eigenvalue weighted by molar-refractivity contribution is 7.99. The summed E-state index contributed by atoms with van der Waals surface area (Å²) in [5, 5.41) is 46.1. The first-order valence-electron chi connectivity index (χ1n) is 9.03. The second-order valence-electron chi connectivity index (χ2n) is 6.55. The lowest BCUT2D eigenvalue weighted by Crippen LogP contribution is -2.19. The van der Waals surface area contributed by atoms with Gasteiger partial charge in [0.1, 0.15) is 12.1 Å². The van der Waals surface area contributed by atoms with Crippen molar-refractivity contribution in [3.8, 4) is 23.3 Å². The van der Waals surface area contributed by atoms with Crippen LogP contribution >= 0.6 is 11.8 Å². The maximum Gasteiger partial charge on any atom is 0.103 e. The average molecular weight is 416 g/mol. The molecule has 0 aliphatic rings. The lowest BCUT2D eigenvalue weighted by Gasteiger charge is -2.09. The lowest BCUT2D eigenvalue weighted by atomic mass is 10.1. The summed E-state index contributed by atoms with van der Waals surface area (Å²) in [6.45, 7) is -0.166. The average Bonchev–Trinajstić information content (AvgIpc) is 3.40. The van der Waals surface area contributed by atoms with E-state index in [1.165, 1.54) is 18.0 Å². The number of aliphatic hydroxyl groups excluding tert-OH is 2. The molecule has 0 aliphatic heterocycles. The van der Waals surface area contributed by atoms with Gasteiger partial charge in [0.25, 0.3) is 0 Å². The van der Waals surface area contributed by atoms with Crippen molar-refractivity contribution in [1.29, 1.82) is 10.5 Å². The standard InChI is InChI=1S/C21H16N6O2S/c22-6-14-3-1-2-4-19(14)30-20-5-15(11-27-21(20)16(7-23)8-25-27)17-9-24-26(10-17)12-18(29)13-28/h1-5,8-11,18,28-29H,12-13H2/t18-/m1/s1. The zero-order chi connectivity index (χ0) is 21.1. The van der Waals surface area contributed by atoms with Crippen LogP contribution in [0.1, 0.15) is 11.1 Å². The molecule has 4 rings (SSSR count). The van der Waals surface area contributed by atoms with Gasteiger partial charge in [-0.05, 0) is 18.2 Å². The van der Waals surface area contributed by atoms with Gasteiger partial charge in [0.15, 0.2) is 0 Å². The van der Waals surface area contributed by atoms with Crippen LogP contribution in [0.3, 0.4) is 0 Å². The molecule has 0 bridgehead atoms. The Hall–Kier alpha value is -3.63. The predicted molar refractivity (Wildman–Crippen MR) is 110 cm³/mol. The number of hydrogen-bond donors (Lipinski definition) is 2. The van der Waals surface area contributed by atoms with Crippen molar-refractivity contribution >= 4 is 17.3 Å². The minimum absolute atomic E-state index is 0.177. The minimum Gasteiger partial charge on any atom is -0.394 e. The fourth-order valence-electron chi connectivity index (χ4n) is 3.05. The Bertz CT molecular complexity index is 1300. The quantitative estimate of drug-likeness (QED) is 0.495. The Kier molecular flexibility index (Phi) is 5.50. The maximum atomic E-state index is 9.63. The highest BCUT2D eigenvalue weighted by Crippen LogP contribution is 2.36. The first kappa shape index (κ1) is 19.7. The summed E-state index contributed by atoms with van der Waals surface area (Å²) in [6, 6.07) is 13.6. The van der Waals surface area contributed by atoms with Gasteiger partial charge in [0, 0.05) is 33.3 Å². The number of aliphatic hydroxyl groups is 2. The lowest BCUT2D eigenvalue weighted by molar-refractivity contribution is 0.0783. The van der Waals surface area contributed by atoms with Crippen molar-refractivity contribution in [3.05, 3.63) is 66.2 Å². The summed E-state index contributed by atoms with van der Waals surface area (Å²) in [6.07, 6.45) is 5.86. The molecule has 0 fully saturated rings. The maximum absolute atomic E-state index is 9.63. The van der Waals surface area contributed by atoms with Crippen molar-refractivity contribution < 1.29 is 10.2 Å². The molecule has 4 aromatic rings. The van der Waals surface area contributed by atoms with Gasteiger partial charge in [-0.25, -0.2) is 4.52 Å². The molecule has 0 spiro atoms. The molecule has 8 nitrogen and oxygen atoms in total. The molecule has 9 heteroatoms. The molecular weight excluding hydrogens is 400 g/mol. The zero-order valence-electron chi connectivity index (χ0n) is 15.7. The van der Waals surface area contributed by atoms with Crippen LogP contribution in [0.5, 0.6) is 0 Å². The molecule has 1 aromatic carbocycles. The highest BCUT2D eigenvalue weighted by Gasteiger charge is 2.15.